The maximum absolute atomic E-state index is 13.7. The number of Topliss-reactive ketones (excluding diaryl/α,β-unsaturated/α-hetero) is 1. The van der Waals surface area contributed by atoms with Gasteiger partial charge in [0.25, 0.3) is 5.91 Å². The molecule has 2 aliphatic rings. The van der Waals surface area contributed by atoms with Crippen molar-refractivity contribution in [3.8, 4) is 0 Å². The number of carbonyl (C=O) groups excluding carboxylic acids is 4. The summed E-state index contributed by atoms with van der Waals surface area (Å²) in [6, 6.07) is 5.14. The number of carbonyl (C=O) groups is 4. The molecule has 0 saturated carbocycles. The fourth-order valence-electron chi connectivity index (χ4n) is 4.69. The van der Waals surface area contributed by atoms with Gasteiger partial charge < -0.3 is 15.4 Å². The zero-order chi connectivity index (χ0) is 28.5. The minimum absolute atomic E-state index is 0.0482. The number of primary amides is 1. The van der Waals surface area contributed by atoms with Crippen LogP contribution in [0.15, 0.2) is 76.7 Å². The predicted octanol–water partition coefficient (Wildman–Crippen LogP) is 5.38. The van der Waals surface area contributed by atoms with Gasteiger partial charge in [-0.05, 0) is 76.3 Å². The van der Waals surface area contributed by atoms with Gasteiger partial charge in [0.1, 0.15) is 11.8 Å². The van der Waals surface area contributed by atoms with E-state index in [0.717, 1.165) is 43.3 Å². The Hall–Kier alpha value is -4.07. The molecule has 2 amide bonds. The summed E-state index contributed by atoms with van der Waals surface area (Å²) in [5.74, 6) is -1.05. The zero-order valence-corrected chi connectivity index (χ0v) is 23.2. The molecule has 0 spiro atoms. The smallest absolute Gasteiger partial charge is 0.405 e. The van der Waals surface area contributed by atoms with Gasteiger partial charge in [0.05, 0.1) is 11.3 Å². The van der Waals surface area contributed by atoms with Gasteiger partial charge in [0.15, 0.2) is 5.78 Å². The van der Waals surface area contributed by atoms with Crippen LogP contribution in [-0.4, -0.2) is 46.6 Å². The molecule has 8 nitrogen and oxygen atoms in total. The van der Waals surface area contributed by atoms with Crippen molar-refractivity contribution in [2.45, 2.75) is 71.8 Å². The van der Waals surface area contributed by atoms with Crippen molar-refractivity contribution in [1.29, 1.82) is 0 Å². The van der Waals surface area contributed by atoms with Gasteiger partial charge >= 0.3 is 6.09 Å². The van der Waals surface area contributed by atoms with Crippen LogP contribution >= 0.6 is 0 Å². The molecule has 1 aromatic heterocycles. The van der Waals surface area contributed by atoms with Crippen LogP contribution in [0.1, 0.15) is 71.4 Å². The molecule has 1 unspecified atom stereocenters. The Balaban J connectivity index is 2.07. The summed E-state index contributed by atoms with van der Waals surface area (Å²) in [6.45, 7) is 5.38. The summed E-state index contributed by atoms with van der Waals surface area (Å²) < 4.78 is 5.25. The normalized spacial score (nSPS) is 21.5. The first-order valence-electron chi connectivity index (χ1n) is 13.3. The molecule has 0 saturated heterocycles. The summed E-state index contributed by atoms with van der Waals surface area (Å²) in [6.07, 6.45) is 12.5. The molecule has 0 aromatic carbocycles. The Morgan fingerprint density at radius 2 is 1.79 bits per heavy atom. The average Bonchev–Trinajstić information content (AvgIpc) is 2.92. The summed E-state index contributed by atoms with van der Waals surface area (Å²) in [5.41, 5.74) is 8.17. The lowest BCUT2D eigenvalue weighted by Gasteiger charge is -2.27. The standard InChI is InChI=1S/C31H37N3O5/c1-20-16-17-24(39-31(32)38)14-10-8-6-5-7-9-13-23-19-26(35)27(25-15-11-12-18-33-25)28(29(23)36)34(4)30(37)22(3)21(20)2/h10-12,14-16,18-19,24H,5-9,13,17H2,1-4H3,(H2,32,38)/b14-10+,20-16?,22-21?. The van der Waals surface area contributed by atoms with Gasteiger partial charge in [-0.3, -0.25) is 19.4 Å². The second-order valence-electron chi connectivity index (χ2n) is 9.89. The molecule has 3 rings (SSSR count). The monoisotopic (exact) mass is 531 g/mol. The quantitative estimate of drug-likeness (QED) is 0.404. The fraction of sp³-hybridized carbons (Fsp3) is 0.387. The van der Waals surface area contributed by atoms with E-state index in [2.05, 4.69) is 4.98 Å². The fourth-order valence-corrected chi connectivity index (χ4v) is 4.69. The van der Waals surface area contributed by atoms with E-state index in [0.29, 0.717) is 29.7 Å². The van der Waals surface area contributed by atoms with Crippen LogP contribution < -0.4 is 5.73 Å². The van der Waals surface area contributed by atoms with E-state index in [1.807, 2.05) is 32.1 Å². The second kappa shape index (κ2) is 13.6. The van der Waals surface area contributed by atoms with Crippen LogP contribution in [0.3, 0.4) is 0 Å². The van der Waals surface area contributed by atoms with Crippen molar-refractivity contribution >= 4 is 29.1 Å². The first-order valence-corrected chi connectivity index (χ1v) is 13.3. The van der Waals surface area contributed by atoms with Crippen LogP contribution in [0.4, 0.5) is 4.79 Å². The van der Waals surface area contributed by atoms with Crippen LogP contribution in [0.2, 0.25) is 0 Å². The number of aromatic nitrogens is 1. The van der Waals surface area contributed by atoms with Gasteiger partial charge in [-0.15, -0.1) is 0 Å². The number of ether oxygens (including phenoxy) is 1. The average molecular weight is 532 g/mol. The van der Waals surface area contributed by atoms with Crippen LogP contribution in [0.25, 0.3) is 5.57 Å². The van der Waals surface area contributed by atoms with Crippen molar-refractivity contribution < 1.29 is 23.9 Å². The molecule has 1 aliphatic carbocycles. The number of likely N-dealkylation sites (N-methyl/N-ethyl adjacent to an activating group) is 1. The number of pyridine rings is 1. The van der Waals surface area contributed by atoms with E-state index in [1.165, 1.54) is 18.0 Å². The Morgan fingerprint density at radius 3 is 2.49 bits per heavy atom. The number of rotatable bonds is 2. The largest absolute Gasteiger partial charge is 0.442 e. The van der Waals surface area contributed by atoms with E-state index >= 15 is 0 Å². The molecule has 2 N–H and O–H groups in total. The minimum atomic E-state index is -0.842. The third-order valence-electron chi connectivity index (χ3n) is 7.17. The summed E-state index contributed by atoms with van der Waals surface area (Å²) >= 11 is 0. The number of nitrogens with zero attached hydrogens (tertiary/aromatic N) is 2. The number of fused-ring (bicyclic) bond motifs is 2. The second-order valence-corrected chi connectivity index (χ2v) is 9.89. The Labute approximate surface area is 230 Å². The number of ketones is 2. The Morgan fingerprint density at radius 1 is 1.05 bits per heavy atom. The van der Waals surface area contributed by atoms with Crippen LogP contribution in [0.5, 0.6) is 0 Å². The maximum Gasteiger partial charge on any atom is 0.405 e. The summed E-state index contributed by atoms with van der Waals surface area (Å²) in [4.78, 5) is 57.7. The van der Waals surface area contributed by atoms with Gasteiger partial charge in [0, 0.05) is 30.8 Å². The van der Waals surface area contributed by atoms with Crippen molar-refractivity contribution in [2.24, 2.45) is 5.73 Å². The van der Waals surface area contributed by atoms with Crippen molar-refractivity contribution in [3.63, 3.8) is 0 Å². The van der Waals surface area contributed by atoms with E-state index in [-0.39, 0.29) is 22.8 Å². The number of hydrogen-bond acceptors (Lipinski definition) is 6. The first kappa shape index (κ1) is 29.5. The highest BCUT2D eigenvalue weighted by Gasteiger charge is 2.34. The summed E-state index contributed by atoms with van der Waals surface area (Å²) in [5, 5.41) is 0. The Bertz CT molecular complexity index is 1280. The van der Waals surface area contributed by atoms with Crippen LogP contribution in [0, 0.1) is 0 Å². The topological polar surface area (TPSA) is 120 Å². The predicted molar refractivity (Wildman–Crippen MR) is 150 cm³/mol. The molecule has 2 heterocycles. The van der Waals surface area contributed by atoms with E-state index in [9.17, 15) is 19.2 Å². The molecule has 206 valence electrons. The first-order chi connectivity index (χ1) is 18.6. The number of hydrogen-bond donors (Lipinski definition) is 1. The van der Waals surface area contributed by atoms with Gasteiger partial charge in [-0.2, -0.15) is 0 Å². The molecular formula is C31H37N3O5. The molecule has 1 aliphatic heterocycles. The highest BCUT2D eigenvalue weighted by Crippen LogP contribution is 2.31. The zero-order valence-electron chi connectivity index (χ0n) is 23.2. The molecule has 8 heteroatoms. The van der Waals surface area contributed by atoms with Crippen molar-refractivity contribution in [2.75, 3.05) is 7.05 Å². The van der Waals surface area contributed by atoms with Crippen molar-refractivity contribution in [1.82, 2.24) is 9.88 Å². The van der Waals surface area contributed by atoms with Gasteiger partial charge in [-0.25, -0.2) is 4.79 Å². The van der Waals surface area contributed by atoms with E-state index in [1.54, 1.807) is 31.3 Å². The lowest BCUT2D eigenvalue weighted by molar-refractivity contribution is -0.127. The molecular weight excluding hydrogens is 494 g/mol. The molecule has 1 aromatic rings. The highest BCUT2D eigenvalue weighted by atomic mass is 16.6. The lowest BCUT2D eigenvalue weighted by Crippen LogP contribution is -2.35. The maximum atomic E-state index is 13.7. The van der Waals surface area contributed by atoms with E-state index < -0.39 is 18.1 Å². The third kappa shape index (κ3) is 7.50. The number of amides is 2. The SMILES string of the molecule is CC1=CCC(OC(N)=O)/C=C/CCCCCCC2=CC(=O)C(c3ccccn3)=C(C2=O)N(C)C(=O)C(C)=C1C. The van der Waals surface area contributed by atoms with Crippen LogP contribution in [-0.2, 0) is 19.1 Å². The molecule has 0 radical (unpaired) electrons. The van der Waals surface area contributed by atoms with Gasteiger partial charge in [0.2, 0.25) is 5.78 Å². The van der Waals surface area contributed by atoms with Gasteiger partial charge in [-0.1, -0.05) is 36.6 Å². The highest BCUT2D eigenvalue weighted by molar-refractivity contribution is 6.37. The van der Waals surface area contributed by atoms with Crippen molar-refractivity contribution in [3.05, 3.63) is 82.4 Å². The molecule has 2 bridgehead atoms. The molecule has 1 atom stereocenters. The molecule has 0 fully saturated rings. The minimum Gasteiger partial charge on any atom is -0.442 e. The number of nitrogens with two attached hydrogens (primary N) is 1. The van der Waals surface area contributed by atoms with E-state index in [4.69, 9.17) is 10.5 Å². The summed E-state index contributed by atoms with van der Waals surface area (Å²) in [7, 11) is 1.52. The Kier molecular flexibility index (Phi) is 10.3. The molecule has 39 heavy (non-hydrogen) atoms. The third-order valence-corrected chi connectivity index (χ3v) is 7.17. The lowest BCUT2D eigenvalue weighted by atomic mass is 9.88. The number of allylic oxidation sites excluding steroid dienone is 6.